The Hall–Kier alpha value is -2.74. The van der Waals surface area contributed by atoms with Gasteiger partial charge in [0.2, 0.25) is 0 Å². The Morgan fingerprint density at radius 1 is 0.962 bits per heavy atom. The van der Waals surface area contributed by atoms with E-state index in [2.05, 4.69) is 35.9 Å². The van der Waals surface area contributed by atoms with Crippen LogP contribution in [0.4, 0.5) is 13.2 Å². The molecule has 0 radical (unpaired) electrons. The van der Waals surface area contributed by atoms with E-state index >= 15 is 0 Å². The topological polar surface area (TPSA) is 54.5 Å². The van der Waals surface area contributed by atoms with Crippen molar-refractivity contribution in [2.24, 2.45) is 0 Å². The zero-order valence-corrected chi connectivity index (χ0v) is 14.6. The fraction of sp³-hybridized carbons (Fsp3) is 0.0556. The van der Waals surface area contributed by atoms with Crippen molar-refractivity contribution < 1.29 is 13.2 Å². The molecule has 0 spiro atoms. The maximum atomic E-state index is 13.2. The summed E-state index contributed by atoms with van der Waals surface area (Å²) in [5, 5.41) is 0. The van der Waals surface area contributed by atoms with Gasteiger partial charge in [0.25, 0.3) is 0 Å². The molecular weight excluding hydrogens is 409 g/mol. The standard InChI is InChI=1S/C18H10BrF3N4/c19-12-8-14-17(24-9-12)26-16(25-14)11-5-3-10(4-6-11)15-13(18(20,21)22)2-1-7-23-15/h1-9H,(H,24,25,26). The Bertz CT molecular complexity index is 1090. The Labute approximate surface area is 154 Å². The molecule has 0 unspecified atom stereocenters. The van der Waals surface area contributed by atoms with Crippen LogP contribution in [0.25, 0.3) is 33.8 Å². The number of hydrogen-bond donors (Lipinski definition) is 1. The van der Waals surface area contributed by atoms with Crippen LogP contribution in [0.2, 0.25) is 0 Å². The molecule has 1 aromatic carbocycles. The van der Waals surface area contributed by atoms with Gasteiger partial charge in [-0.1, -0.05) is 24.3 Å². The number of H-pyrrole nitrogens is 1. The SMILES string of the molecule is FC(F)(F)c1cccnc1-c1ccc(-c2nc3ncc(Br)cc3[nH]2)cc1. The minimum absolute atomic E-state index is 0.0956. The number of nitrogens with zero attached hydrogens (tertiary/aromatic N) is 3. The van der Waals surface area contributed by atoms with Crippen LogP contribution in [0.1, 0.15) is 5.56 Å². The second kappa shape index (κ2) is 6.21. The Kier molecular flexibility index (Phi) is 3.99. The van der Waals surface area contributed by atoms with Gasteiger partial charge >= 0.3 is 6.18 Å². The molecule has 8 heteroatoms. The van der Waals surface area contributed by atoms with Crippen molar-refractivity contribution in [1.82, 2.24) is 19.9 Å². The first kappa shape index (κ1) is 16.7. The van der Waals surface area contributed by atoms with Gasteiger partial charge in [0.15, 0.2) is 5.65 Å². The molecule has 130 valence electrons. The summed E-state index contributed by atoms with van der Waals surface area (Å²) >= 11 is 3.35. The van der Waals surface area contributed by atoms with E-state index in [0.717, 1.165) is 21.6 Å². The normalized spacial score (nSPS) is 11.8. The fourth-order valence-corrected chi connectivity index (χ4v) is 2.99. The molecule has 3 heterocycles. The first-order valence-electron chi connectivity index (χ1n) is 7.56. The zero-order valence-electron chi connectivity index (χ0n) is 13.0. The molecular formula is C18H10BrF3N4. The zero-order chi connectivity index (χ0) is 18.3. The fourth-order valence-electron chi connectivity index (χ4n) is 2.66. The highest BCUT2D eigenvalue weighted by molar-refractivity contribution is 9.10. The van der Waals surface area contributed by atoms with Crippen molar-refractivity contribution in [3.05, 3.63) is 64.9 Å². The van der Waals surface area contributed by atoms with Gasteiger partial charge in [0.05, 0.1) is 16.8 Å². The smallest absolute Gasteiger partial charge is 0.337 e. The second-order valence-electron chi connectivity index (χ2n) is 5.58. The highest BCUT2D eigenvalue weighted by atomic mass is 79.9. The van der Waals surface area contributed by atoms with Crippen LogP contribution in [-0.2, 0) is 6.18 Å². The van der Waals surface area contributed by atoms with Gasteiger partial charge in [0, 0.05) is 28.0 Å². The molecule has 0 aliphatic heterocycles. The molecule has 4 rings (SSSR count). The Morgan fingerprint density at radius 2 is 1.69 bits per heavy atom. The van der Waals surface area contributed by atoms with Crippen molar-refractivity contribution in [3.63, 3.8) is 0 Å². The number of nitrogens with one attached hydrogen (secondary N) is 1. The minimum atomic E-state index is -4.46. The molecule has 0 saturated carbocycles. The molecule has 0 atom stereocenters. The molecule has 26 heavy (non-hydrogen) atoms. The summed E-state index contributed by atoms with van der Waals surface area (Å²) in [5.41, 5.74) is 1.61. The van der Waals surface area contributed by atoms with Crippen LogP contribution < -0.4 is 0 Å². The van der Waals surface area contributed by atoms with Gasteiger partial charge in [0.1, 0.15) is 5.82 Å². The number of fused-ring (bicyclic) bond motifs is 1. The summed E-state index contributed by atoms with van der Waals surface area (Å²) in [6.45, 7) is 0. The van der Waals surface area contributed by atoms with Gasteiger partial charge in [-0.05, 0) is 34.1 Å². The number of halogens is 4. The van der Waals surface area contributed by atoms with Crippen LogP contribution in [-0.4, -0.2) is 19.9 Å². The molecule has 0 aliphatic carbocycles. The lowest BCUT2D eigenvalue weighted by molar-refractivity contribution is -0.137. The lowest BCUT2D eigenvalue weighted by Gasteiger charge is -2.11. The van der Waals surface area contributed by atoms with Crippen molar-refractivity contribution in [2.45, 2.75) is 6.18 Å². The van der Waals surface area contributed by atoms with Gasteiger partial charge in [-0.15, -0.1) is 0 Å². The van der Waals surface area contributed by atoms with Gasteiger partial charge < -0.3 is 4.98 Å². The Morgan fingerprint density at radius 3 is 2.42 bits per heavy atom. The highest BCUT2D eigenvalue weighted by Crippen LogP contribution is 2.36. The minimum Gasteiger partial charge on any atom is -0.337 e. The summed E-state index contributed by atoms with van der Waals surface area (Å²) in [5.74, 6) is 0.592. The summed E-state index contributed by atoms with van der Waals surface area (Å²) in [7, 11) is 0. The quantitative estimate of drug-likeness (QED) is 0.469. The van der Waals surface area contributed by atoms with Crippen LogP contribution in [0, 0.1) is 0 Å². The van der Waals surface area contributed by atoms with E-state index in [9.17, 15) is 13.2 Å². The highest BCUT2D eigenvalue weighted by Gasteiger charge is 2.34. The number of imidazole rings is 1. The van der Waals surface area contributed by atoms with E-state index in [1.54, 1.807) is 30.5 Å². The summed E-state index contributed by atoms with van der Waals surface area (Å²) < 4.78 is 40.3. The number of hydrogen-bond acceptors (Lipinski definition) is 3. The third kappa shape index (κ3) is 3.08. The lowest BCUT2D eigenvalue weighted by atomic mass is 10.0. The summed E-state index contributed by atoms with van der Waals surface area (Å²) in [4.78, 5) is 15.7. The van der Waals surface area contributed by atoms with E-state index in [0.29, 0.717) is 17.0 Å². The number of benzene rings is 1. The largest absolute Gasteiger partial charge is 0.418 e. The maximum Gasteiger partial charge on any atom is 0.418 e. The molecule has 0 aliphatic rings. The van der Waals surface area contributed by atoms with Crippen LogP contribution in [0.15, 0.2) is 59.3 Å². The second-order valence-corrected chi connectivity index (χ2v) is 6.50. The first-order chi connectivity index (χ1) is 12.4. The van der Waals surface area contributed by atoms with Gasteiger partial charge in [-0.2, -0.15) is 13.2 Å². The first-order valence-corrected chi connectivity index (χ1v) is 8.35. The van der Waals surface area contributed by atoms with E-state index in [1.807, 2.05) is 6.07 Å². The molecule has 3 aromatic heterocycles. The van der Waals surface area contributed by atoms with Crippen molar-refractivity contribution in [1.29, 1.82) is 0 Å². The van der Waals surface area contributed by atoms with E-state index in [4.69, 9.17) is 0 Å². The maximum absolute atomic E-state index is 13.2. The Balaban J connectivity index is 1.73. The third-order valence-corrected chi connectivity index (χ3v) is 4.28. The average Bonchev–Trinajstić information content (AvgIpc) is 3.04. The monoisotopic (exact) mass is 418 g/mol. The van der Waals surface area contributed by atoms with E-state index in [-0.39, 0.29) is 5.69 Å². The molecule has 4 nitrogen and oxygen atoms in total. The van der Waals surface area contributed by atoms with E-state index in [1.165, 1.54) is 12.3 Å². The van der Waals surface area contributed by atoms with Crippen molar-refractivity contribution in [3.8, 4) is 22.6 Å². The molecule has 0 bridgehead atoms. The predicted molar refractivity (Wildman–Crippen MR) is 95.3 cm³/mol. The lowest BCUT2D eigenvalue weighted by Crippen LogP contribution is -2.08. The van der Waals surface area contributed by atoms with Gasteiger partial charge in [-0.3, -0.25) is 4.98 Å². The third-order valence-electron chi connectivity index (χ3n) is 3.85. The molecule has 4 aromatic rings. The van der Waals surface area contributed by atoms with Crippen LogP contribution in [0.3, 0.4) is 0 Å². The molecule has 1 N–H and O–H groups in total. The number of aromatic nitrogens is 4. The predicted octanol–water partition coefficient (Wildman–Crippen LogP) is 5.47. The number of rotatable bonds is 2. The van der Waals surface area contributed by atoms with Crippen LogP contribution >= 0.6 is 15.9 Å². The van der Waals surface area contributed by atoms with Crippen molar-refractivity contribution in [2.75, 3.05) is 0 Å². The summed E-state index contributed by atoms with van der Waals surface area (Å²) in [6.07, 6.45) is -1.46. The molecule has 0 saturated heterocycles. The summed E-state index contributed by atoms with van der Waals surface area (Å²) in [6, 6.07) is 10.8. The van der Waals surface area contributed by atoms with E-state index < -0.39 is 11.7 Å². The van der Waals surface area contributed by atoms with Crippen molar-refractivity contribution >= 4 is 27.1 Å². The molecule has 0 fully saturated rings. The molecule has 0 amide bonds. The van der Waals surface area contributed by atoms with Gasteiger partial charge in [-0.25, -0.2) is 9.97 Å². The average molecular weight is 419 g/mol. The number of alkyl halides is 3. The van der Waals surface area contributed by atoms with Crippen LogP contribution in [0.5, 0.6) is 0 Å². The number of aromatic amines is 1. The number of pyridine rings is 2.